The topological polar surface area (TPSA) is 96.7 Å². The summed E-state index contributed by atoms with van der Waals surface area (Å²) in [5.74, 6) is 0.531. The predicted octanol–water partition coefficient (Wildman–Crippen LogP) is 2.46. The van der Waals surface area contributed by atoms with Gasteiger partial charge in [-0.05, 0) is 48.2 Å². The average Bonchev–Trinajstić information content (AvgIpc) is 2.65. The lowest BCUT2D eigenvalue weighted by atomic mass is 10.0. The molecule has 4 N–H and O–H groups in total. The maximum atomic E-state index is 11.7. The molecule has 2 aromatic carbocycles. The van der Waals surface area contributed by atoms with Gasteiger partial charge in [0.15, 0.2) is 6.61 Å². The lowest BCUT2D eigenvalue weighted by Crippen LogP contribution is -2.39. The molecule has 0 radical (unpaired) electrons. The van der Waals surface area contributed by atoms with Crippen LogP contribution in [0.2, 0.25) is 0 Å². The number of anilines is 3. The van der Waals surface area contributed by atoms with Gasteiger partial charge in [0.25, 0.3) is 5.91 Å². The molecule has 0 spiro atoms. The third-order valence-electron chi connectivity index (χ3n) is 4.64. The Morgan fingerprint density at radius 3 is 3.00 bits per heavy atom. The molecule has 2 aliphatic heterocycles. The number of carbonyl (C=O) groups is 2. The number of hydrogen-bond acceptors (Lipinski definition) is 4. The van der Waals surface area contributed by atoms with E-state index in [1.165, 1.54) is 0 Å². The zero-order valence-corrected chi connectivity index (χ0v) is 14.2. The number of hydrogen-bond donors (Lipinski definition) is 3. The summed E-state index contributed by atoms with van der Waals surface area (Å²) < 4.78 is 5.37. The molecule has 2 heterocycles. The van der Waals surface area contributed by atoms with Crippen LogP contribution in [0.4, 0.5) is 21.9 Å². The number of primary amides is 1. The molecule has 2 aromatic rings. The average molecular weight is 352 g/mol. The van der Waals surface area contributed by atoms with Gasteiger partial charge in [0.2, 0.25) is 0 Å². The number of rotatable bonds is 3. The number of amides is 3. The van der Waals surface area contributed by atoms with Crippen LogP contribution in [0.15, 0.2) is 36.4 Å². The summed E-state index contributed by atoms with van der Waals surface area (Å²) >= 11 is 0. The second kappa shape index (κ2) is 6.59. The Kier molecular flexibility index (Phi) is 4.12. The molecule has 0 aliphatic carbocycles. The first-order valence-corrected chi connectivity index (χ1v) is 8.59. The molecule has 7 heteroatoms. The molecular weight excluding hydrogens is 332 g/mol. The van der Waals surface area contributed by atoms with Gasteiger partial charge in [-0.2, -0.15) is 0 Å². The molecule has 0 saturated carbocycles. The van der Waals surface area contributed by atoms with Crippen LogP contribution in [0.1, 0.15) is 17.5 Å². The first-order valence-electron chi connectivity index (χ1n) is 8.59. The van der Waals surface area contributed by atoms with Gasteiger partial charge in [0.05, 0.1) is 11.4 Å². The van der Waals surface area contributed by atoms with E-state index in [-0.39, 0.29) is 12.5 Å². The van der Waals surface area contributed by atoms with Crippen LogP contribution in [-0.4, -0.2) is 25.1 Å². The number of aryl methyl sites for hydroxylation is 1. The molecular formula is C19H20N4O3. The molecule has 0 atom stereocenters. The Hall–Kier alpha value is -3.22. The lowest BCUT2D eigenvalue weighted by molar-refractivity contribution is -0.118. The summed E-state index contributed by atoms with van der Waals surface area (Å²) in [5.41, 5.74) is 10.1. The zero-order valence-electron chi connectivity index (χ0n) is 14.2. The molecule has 0 aromatic heterocycles. The fourth-order valence-corrected chi connectivity index (χ4v) is 3.36. The first-order chi connectivity index (χ1) is 12.6. The Labute approximate surface area is 151 Å². The molecule has 0 saturated heterocycles. The Balaban J connectivity index is 1.50. The summed E-state index contributed by atoms with van der Waals surface area (Å²) in [6, 6.07) is 11.3. The van der Waals surface area contributed by atoms with Gasteiger partial charge in [-0.1, -0.05) is 12.1 Å². The number of ether oxygens (including phenoxy) is 1. The summed E-state index contributed by atoms with van der Waals surface area (Å²) in [6.07, 6.45) is 1.87. The summed E-state index contributed by atoms with van der Waals surface area (Å²) in [5, 5.41) is 6.16. The van der Waals surface area contributed by atoms with Crippen molar-refractivity contribution >= 4 is 29.0 Å². The van der Waals surface area contributed by atoms with Gasteiger partial charge in [0.1, 0.15) is 5.75 Å². The predicted molar refractivity (Wildman–Crippen MR) is 99.6 cm³/mol. The smallest absolute Gasteiger partial charge is 0.319 e. The van der Waals surface area contributed by atoms with E-state index in [0.717, 1.165) is 35.3 Å². The van der Waals surface area contributed by atoms with E-state index in [9.17, 15) is 9.59 Å². The maximum Gasteiger partial charge on any atom is 0.319 e. The van der Waals surface area contributed by atoms with Crippen molar-refractivity contribution in [2.45, 2.75) is 19.4 Å². The van der Waals surface area contributed by atoms with Crippen molar-refractivity contribution in [3.63, 3.8) is 0 Å². The number of nitrogens with two attached hydrogens (primary N) is 1. The van der Waals surface area contributed by atoms with Crippen LogP contribution in [0.25, 0.3) is 0 Å². The van der Waals surface area contributed by atoms with Crippen LogP contribution in [0, 0.1) is 0 Å². The highest BCUT2D eigenvalue weighted by Crippen LogP contribution is 2.31. The second-order valence-electron chi connectivity index (χ2n) is 6.46. The summed E-state index contributed by atoms with van der Waals surface area (Å²) in [4.78, 5) is 24.7. The summed E-state index contributed by atoms with van der Waals surface area (Å²) in [7, 11) is 0. The van der Waals surface area contributed by atoms with Crippen LogP contribution >= 0.6 is 0 Å². The van der Waals surface area contributed by atoms with E-state index in [2.05, 4.69) is 10.6 Å². The highest BCUT2D eigenvalue weighted by Gasteiger charge is 2.21. The van der Waals surface area contributed by atoms with E-state index < -0.39 is 6.03 Å². The molecule has 0 fully saturated rings. The molecule has 4 rings (SSSR count). The van der Waals surface area contributed by atoms with Gasteiger partial charge >= 0.3 is 6.03 Å². The van der Waals surface area contributed by atoms with Crippen molar-refractivity contribution in [2.75, 3.05) is 28.7 Å². The minimum atomic E-state index is -0.423. The van der Waals surface area contributed by atoms with E-state index in [1.54, 1.807) is 4.90 Å². The zero-order chi connectivity index (χ0) is 18.1. The third-order valence-corrected chi connectivity index (χ3v) is 4.64. The third kappa shape index (κ3) is 3.15. The van der Waals surface area contributed by atoms with Crippen molar-refractivity contribution in [2.24, 2.45) is 5.73 Å². The lowest BCUT2D eigenvalue weighted by Gasteiger charge is -2.28. The van der Waals surface area contributed by atoms with E-state index in [0.29, 0.717) is 24.5 Å². The van der Waals surface area contributed by atoms with Crippen LogP contribution < -0.4 is 26.0 Å². The minimum Gasteiger partial charge on any atom is -0.482 e. The Morgan fingerprint density at radius 2 is 2.15 bits per heavy atom. The molecule has 3 amide bonds. The van der Waals surface area contributed by atoms with Crippen molar-refractivity contribution in [3.8, 4) is 5.75 Å². The first kappa shape index (κ1) is 16.3. The van der Waals surface area contributed by atoms with Crippen LogP contribution in [0.3, 0.4) is 0 Å². The van der Waals surface area contributed by atoms with Crippen LogP contribution in [-0.2, 0) is 17.8 Å². The number of benzene rings is 2. The fraction of sp³-hybridized carbons (Fsp3) is 0.263. The highest BCUT2D eigenvalue weighted by atomic mass is 16.5. The monoisotopic (exact) mass is 352 g/mol. The van der Waals surface area contributed by atoms with E-state index >= 15 is 0 Å². The minimum absolute atomic E-state index is 0.0517. The Morgan fingerprint density at radius 1 is 1.27 bits per heavy atom. The van der Waals surface area contributed by atoms with Crippen LogP contribution in [0.5, 0.6) is 5.75 Å². The van der Waals surface area contributed by atoms with Gasteiger partial charge in [-0.15, -0.1) is 0 Å². The number of nitrogens with zero attached hydrogens (tertiary/aromatic N) is 1. The molecule has 7 nitrogen and oxygen atoms in total. The molecule has 26 heavy (non-hydrogen) atoms. The Bertz CT molecular complexity index is 881. The number of urea groups is 1. The maximum absolute atomic E-state index is 11.7. The van der Waals surface area contributed by atoms with E-state index in [4.69, 9.17) is 10.5 Å². The van der Waals surface area contributed by atoms with Crippen molar-refractivity contribution in [1.82, 2.24) is 0 Å². The van der Waals surface area contributed by atoms with E-state index in [1.807, 2.05) is 36.4 Å². The number of nitrogens with one attached hydrogen (secondary N) is 2. The number of carbonyl (C=O) groups excluding carboxylic acids is 2. The second-order valence-corrected chi connectivity index (χ2v) is 6.46. The molecule has 134 valence electrons. The fourth-order valence-electron chi connectivity index (χ4n) is 3.36. The SMILES string of the molecule is NC(=O)N1CCCc2ccc(NCc3ccc4c(c3)NC(=O)CO4)cc21. The highest BCUT2D eigenvalue weighted by molar-refractivity contribution is 5.95. The molecule has 0 unspecified atom stereocenters. The van der Waals surface area contributed by atoms with Gasteiger partial charge in [0, 0.05) is 18.8 Å². The van der Waals surface area contributed by atoms with Gasteiger partial charge in [-0.25, -0.2) is 4.79 Å². The largest absolute Gasteiger partial charge is 0.482 e. The summed E-state index contributed by atoms with van der Waals surface area (Å²) in [6.45, 7) is 1.28. The van der Waals surface area contributed by atoms with Crippen molar-refractivity contribution in [1.29, 1.82) is 0 Å². The quantitative estimate of drug-likeness (QED) is 0.790. The van der Waals surface area contributed by atoms with Gasteiger partial charge < -0.3 is 21.1 Å². The van der Waals surface area contributed by atoms with Crippen molar-refractivity contribution in [3.05, 3.63) is 47.5 Å². The molecule has 2 aliphatic rings. The standard InChI is InChI=1S/C19H20N4O3/c20-19(25)23-7-1-2-13-4-5-14(9-16(13)23)21-10-12-3-6-17-15(8-12)22-18(24)11-26-17/h3-6,8-9,21H,1-2,7,10-11H2,(H2,20,25)(H,22,24). The number of fused-ring (bicyclic) bond motifs is 2. The normalized spacial score (nSPS) is 15.4. The van der Waals surface area contributed by atoms with Gasteiger partial charge in [-0.3, -0.25) is 9.69 Å². The molecule has 0 bridgehead atoms. The van der Waals surface area contributed by atoms with Crippen molar-refractivity contribution < 1.29 is 14.3 Å².